The van der Waals surface area contributed by atoms with Gasteiger partial charge in [0.25, 0.3) is 0 Å². The standard InChI is InChI=1S/C83H90N2O/c1-8-59-26-30-61(31-27-59)62-34-44-71(45-35-62)85-80-50-38-65(63-32-40-67(41-33-63)82(5,6)7)52-76(80)77-53-66(39-51-81(77)85)64-36-42-70(43-37-64)84(69-20-14-11-15-21-69)72-46-49-75-74-22-16-17-23-78(74)83(79(75)54-72,68-18-12-10-13-19-68)55-57(3)24-25-58(4)56-86-73-47-28-60(9-2)29-48-73/h8-15,17-21,23,28-30,32,34,36-40,42-44,46-47,49-54,57-59,62,71,73,77,81H,1-2,16,22,24-27,31,33,35,41,45,48,55-56H2,3-7H3/t57-,58?,59?,62?,71?,73?,77?,81?,83?/m1/s1. The summed E-state index contributed by atoms with van der Waals surface area (Å²) < 4.78 is 6.45. The van der Waals surface area contributed by atoms with Gasteiger partial charge in [0.1, 0.15) is 0 Å². The Bertz CT molecular complexity index is 3670. The van der Waals surface area contributed by atoms with Gasteiger partial charge in [-0.25, -0.2) is 0 Å². The van der Waals surface area contributed by atoms with Gasteiger partial charge in [-0.2, -0.15) is 0 Å². The number of benzene rings is 5. The van der Waals surface area contributed by atoms with Crippen molar-refractivity contribution < 1.29 is 4.74 Å². The third kappa shape index (κ3) is 11.4. The Labute approximate surface area is 515 Å². The van der Waals surface area contributed by atoms with Gasteiger partial charge in [-0.15, -0.1) is 6.58 Å². The van der Waals surface area contributed by atoms with Crippen molar-refractivity contribution in [1.29, 1.82) is 0 Å². The average molecular weight is 1130 g/mol. The molecule has 0 aromatic heterocycles. The van der Waals surface area contributed by atoms with E-state index in [0.29, 0.717) is 29.7 Å². The van der Waals surface area contributed by atoms with Gasteiger partial charge in [-0.3, -0.25) is 0 Å². The number of hydrogen-bond donors (Lipinski definition) is 0. The van der Waals surface area contributed by atoms with Crippen molar-refractivity contribution in [3.05, 3.63) is 281 Å². The van der Waals surface area contributed by atoms with Gasteiger partial charge >= 0.3 is 0 Å². The minimum atomic E-state index is -0.280. The molecule has 1 aliphatic heterocycles. The topological polar surface area (TPSA) is 15.7 Å². The van der Waals surface area contributed by atoms with Gasteiger partial charge in [-0.1, -0.05) is 223 Å². The molecule has 0 amide bonds. The van der Waals surface area contributed by atoms with E-state index in [-0.39, 0.29) is 28.9 Å². The minimum absolute atomic E-state index is 0.145. The number of hydrogen-bond acceptors (Lipinski definition) is 3. The number of para-hydroxylation sites is 1. The van der Waals surface area contributed by atoms with Crippen molar-refractivity contribution in [1.82, 2.24) is 0 Å². The van der Waals surface area contributed by atoms with E-state index >= 15 is 0 Å². The van der Waals surface area contributed by atoms with E-state index in [1.807, 2.05) is 6.08 Å². The van der Waals surface area contributed by atoms with Crippen LogP contribution < -0.4 is 9.80 Å². The molecule has 0 radical (unpaired) electrons. The summed E-state index contributed by atoms with van der Waals surface area (Å²) in [6.45, 7) is 20.7. The van der Waals surface area contributed by atoms with Gasteiger partial charge in [0.05, 0.1) is 12.1 Å². The van der Waals surface area contributed by atoms with Crippen molar-refractivity contribution >= 4 is 39.5 Å². The number of fused-ring (bicyclic) bond motifs is 5. The summed E-state index contributed by atoms with van der Waals surface area (Å²) in [6.07, 6.45) is 50.3. The predicted molar refractivity (Wildman–Crippen MR) is 366 cm³/mol. The zero-order valence-corrected chi connectivity index (χ0v) is 51.9. The molecule has 8 aliphatic rings. The molecule has 1 heterocycles. The maximum Gasteiger partial charge on any atom is 0.0793 e. The van der Waals surface area contributed by atoms with Crippen LogP contribution in [0.25, 0.3) is 16.7 Å². The lowest BCUT2D eigenvalue weighted by Gasteiger charge is -2.38. The fourth-order valence-electron chi connectivity index (χ4n) is 15.9. The second kappa shape index (κ2) is 24.7. The molecule has 5 aromatic carbocycles. The van der Waals surface area contributed by atoms with E-state index in [1.165, 1.54) is 98.3 Å². The number of rotatable bonds is 18. The first-order chi connectivity index (χ1) is 41.9. The maximum atomic E-state index is 6.45. The number of ether oxygens (including phenoxy) is 1. The molecular weight excluding hydrogens is 1040 g/mol. The summed E-state index contributed by atoms with van der Waals surface area (Å²) in [5.41, 5.74) is 23.3. The van der Waals surface area contributed by atoms with E-state index in [4.69, 9.17) is 4.74 Å². The van der Waals surface area contributed by atoms with Crippen LogP contribution in [0.1, 0.15) is 157 Å². The lowest BCUT2D eigenvalue weighted by molar-refractivity contribution is 0.0584. The Hall–Kier alpha value is -7.46. The molecule has 0 N–H and O–H groups in total. The highest BCUT2D eigenvalue weighted by atomic mass is 16.5. The van der Waals surface area contributed by atoms with Gasteiger partial charge in [0, 0.05) is 46.7 Å². The normalized spacial score (nSPS) is 25.4. The Kier molecular flexibility index (Phi) is 16.6. The smallest absolute Gasteiger partial charge is 0.0793 e. The molecule has 5 aromatic rings. The van der Waals surface area contributed by atoms with Crippen LogP contribution in [0.2, 0.25) is 0 Å². The number of anilines is 4. The first-order valence-electron chi connectivity index (χ1n) is 32.9. The molecule has 86 heavy (non-hydrogen) atoms. The fraction of sp³-hybridized carbons (Fsp3) is 0.349. The van der Waals surface area contributed by atoms with Crippen LogP contribution in [0.4, 0.5) is 22.7 Å². The lowest BCUT2D eigenvalue weighted by atomic mass is 9.65. The summed E-state index contributed by atoms with van der Waals surface area (Å²) in [7, 11) is 0. The Morgan fingerprint density at radius 3 is 2.20 bits per heavy atom. The first kappa shape index (κ1) is 57.6. The van der Waals surface area contributed by atoms with E-state index in [1.54, 1.807) is 11.1 Å². The largest absolute Gasteiger partial charge is 0.374 e. The zero-order valence-electron chi connectivity index (χ0n) is 51.9. The summed E-state index contributed by atoms with van der Waals surface area (Å²) in [6, 6.07) is 47.5. The highest BCUT2D eigenvalue weighted by Gasteiger charge is 2.47. The predicted octanol–water partition coefficient (Wildman–Crippen LogP) is 21.8. The van der Waals surface area contributed by atoms with Gasteiger partial charge in [0.2, 0.25) is 0 Å². The third-order valence-corrected chi connectivity index (χ3v) is 20.8. The van der Waals surface area contributed by atoms with Gasteiger partial charge in [0.15, 0.2) is 0 Å². The van der Waals surface area contributed by atoms with E-state index in [2.05, 4.69) is 264 Å². The SMILES string of the molecule is C=CC1=CCC(OCC(C)CC[C@@H](C)CC2(c3ccccc3)C3=C(CCC=C3)c3ccc(N(c4ccccc4)c4ccc(C5=CC6c7cc(C8=CC=C(C(C)(C)C)CC8)ccc7N(C7C=CC(C8=CCC(C=C)CC8)CC7)C6C=C5)cc4)cc32)C=C1. The first-order valence-corrected chi connectivity index (χ1v) is 32.9. The average Bonchev–Trinajstić information content (AvgIpc) is 2.68. The summed E-state index contributed by atoms with van der Waals surface area (Å²) in [5.74, 6) is 2.38. The van der Waals surface area contributed by atoms with Crippen molar-refractivity contribution in [3.8, 4) is 0 Å². The van der Waals surface area contributed by atoms with Crippen LogP contribution in [-0.2, 0) is 10.2 Å². The number of nitrogens with zero attached hydrogens (tertiary/aromatic N) is 2. The van der Waals surface area contributed by atoms with Crippen LogP contribution in [0.5, 0.6) is 0 Å². The summed E-state index contributed by atoms with van der Waals surface area (Å²) in [4.78, 5) is 5.28. The molecule has 3 nitrogen and oxygen atoms in total. The van der Waals surface area contributed by atoms with Gasteiger partial charge in [-0.05, 0) is 216 Å². The van der Waals surface area contributed by atoms with Crippen molar-refractivity contribution in [2.75, 3.05) is 16.4 Å². The van der Waals surface area contributed by atoms with Crippen LogP contribution in [0, 0.1) is 29.1 Å². The Balaban J connectivity index is 0.806. The van der Waals surface area contributed by atoms with Crippen LogP contribution in [-0.4, -0.2) is 24.8 Å². The molecule has 9 atom stereocenters. The minimum Gasteiger partial charge on any atom is -0.374 e. The Morgan fingerprint density at radius 1 is 0.709 bits per heavy atom. The lowest BCUT2D eigenvalue weighted by Crippen LogP contribution is -2.42. The fourth-order valence-corrected chi connectivity index (χ4v) is 15.9. The van der Waals surface area contributed by atoms with Gasteiger partial charge < -0.3 is 14.5 Å². The highest BCUT2D eigenvalue weighted by molar-refractivity contribution is 5.89. The number of allylic oxidation sites excluding steroid dienone is 17. The van der Waals surface area contributed by atoms with Crippen LogP contribution in [0.15, 0.2) is 248 Å². The highest BCUT2D eigenvalue weighted by Crippen LogP contribution is 2.58. The summed E-state index contributed by atoms with van der Waals surface area (Å²) in [5, 5.41) is 0. The molecule has 13 rings (SSSR count). The molecule has 7 aliphatic carbocycles. The molecule has 0 fully saturated rings. The molecule has 8 unspecified atom stereocenters. The van der Waals surface area contributed by atoms with Crippen LogP contribution >= 0.6 is 0 Å². The summed E-state index contributed by atoms with van der Waals surface area (Å²) >= 11 is 0. The molecule has 0 spiro atoms. The quantitative estimate of drug-likeness (QED) is 0.0814. The second-order valence-corrected chi connectivity index (χ2v) is 27.4. The molecule has 3 heteroatoms. The van der Waals surface area contributed by atoms with Crippen LogP contribution in [0.3, 0.4) is 0 Å². The molecule has 438 valence electrons. The van der Waals surface area contributed by atoms with E-state index < -0.39 is 0 Å². The zero-order chi connectivity index (χ0) is 58.9. The second-order valence-electron chi connectivity index (χ2n) is 27.4. The van der Waals surface area contributed by atoms with E-state index in [0.717, 1.165) is 75.8 Å². The maximum absolute atomic E-state index is 6.45. The third-order valence-electron chi connectivity index (χ3n) is 20.8. The van der Waals surface area contributed by atoms with Crippen molar-refractivity contribution in [2.24, 2.45) is 29.1 Å². The Morgan fingerprint density at radius 2 is 1.49 bits per heavy atom. The molecule has 0 bridgehead atoms. The molecular formula is C83H90N2O. The van der Waals surface area contributed by atoms with Crippen molar-refractivity contribution in [3.63, 3.8) is 0 Å². The van der Waals surface area contributed by atoms with Crippen molar-refractivity contribution in [2.45, 2.75) is 148 Å². The monoisotopic (exact) mass is 1130 g/mol. The molecule has 0 saturated heterocycles. The van der Waals surface area contributed by atoms with E-state index in [9.17, 15) is 0 Å². The molecule has 0 saturated carbocycles.